The van der Waals surface area contributed by atoms with E-state index in [-0.39, 0.29) is 22.9 Å². The van der Waals surface area contributed by atoms with E-state index in [2.05, 4.69) is 15.5 Å². The number of alkyl carbamates (subject to hydrolysis) is 1. The van der Waals surface area contributed by atoms with Crippen molar-refractivity contribution >= 4 is 12.1 Å². The van der Waals surface area contributed by atoms with Crippen molar-refractivity contribution in [2.24, 2.45) is 7.05 Å². The largest absolute Gasteiger partial charge is 0.465 e. The summed E-state index contributed by atoms with van der Waals surface area (Å²) in [6.45, 7) is 7.01. The second-order valence-corrected chi connectivity index (χ2v) is 9.08. The van der Waals surface area contributed by atoms with E-state index in [0.717, 1.165) is 5.56 Å². The van der Waals surface area contributed by atoms with Gasteiger partial charge in [-0.25, -0.2) is 9.59 Å². The highest BCUT2D eigenvalue weighted by atomic mass is 16.6. The minimum absolute atomic E-state index is 0.0310. The molecule has 3 rings (SSSR count). The summed E-state index contributed by atoms with van der Waals surface area (Å²) in [6, 6.07) is 10.8. The molecule has 0 radical (unpaired) electrons. The molecule has 1 N–H and O–H groups in total. The smallest absolute Gasteiger partial charge is 0.408 e. The summed E-state index contributed by atoms with van der Waals surface area (Å²) < 4.78 is 17.3. The molecular formula is C24H28N4O6. The van der Waals surface area contributed by atoms with Crippen molar-refractivity contribution in [2.45, 2.75) is 45.3 Å². The molecule has 10 heteroatoms. The third kappa shape index (κ3) is 5.69. The number of carbonyl (C=O) groups is 2. The lowest BCUT2D eigenvalue weighted by atomic mass is 9.92. The molecule has 180 valence electrons. The zero-order valence-electron chi connectivity index (χ0n) is 20.0. The van der Waals surface area contributed by atoms with Gasteiger partial charge in [0.05, 0.1) is 12.7 Å². The molecule has 0 unspecified atom stereocenters. The minimum Gasteiger partial charge on any atom is -0.465 e. The third-order valence-electron chi connectivity index (χ3n) is 4.91. The Kier molecular flexibility index (Phi) is 6.90. The van der Waals surface area contributed by atoms with Gasteiger partial charge in [0.1, 0.15) is 16.7 Å². The van der Waals surface area contributed by atoms with Gasteiger partial charge in [0, 0.05) is 19.7 Å². The Labute approximate surface area is 196 Å². The molecule has 1 atom stereocenters. The SMILES string of the molecule is COC(=O)c1cc(-c2nnc([C@@](C)(Cc3ccccc3)NC(=O)OC(C)(C)C)o2)c(=O)n(C)c1. The van der Waals surface area contributed by atoms with Crippen molar-refractivity contribution in [1.29, 1.82) is 0 Å². The number of nitrogens with zero attached hydrogens (tertiary/aromatic N) is 3. The average molecular weight is 469 g/mol. The van der Waals surface area contributed by atoms with Gasteiger partial charge in [-0.3, -0.25) is 4.79 Å². The van der Waals surface area contributed by atoms with Gasteiger partial charge in [-0.15, -0.1) is 10.2 Å². The zero-order valence-corrected chi connectivity index (χ0v) is 20.0. The molecule has 1 aromatic carbocycles. The van der Waals surface area contributed by atoms with Gasteiger partial charge in [0.2, 0.25) is 5.89 Å². The Morgan fingerprint density at radius 1 is 1.12 bits per heavy atom. The standard InChI is InChI=1S/C24H28N4O6/c1-23(2,3)34-22(31)25-24(4,13-15-10-8-7-9-11-15)21-27-26-18(33-21)17-12-16(20(30)32-6)14-28(5)19(17)29/h7-12,14H,13H2,1-6H3,(H,25,31)/t24-/m1/s1. The first kappa shape index (κ1) is 24.7. The highest BCUT2D eigenvalue weighted by Crippen LogP contribution is 2.28. The normalized spacial score (nSPS) is 13.1. The maximum Gasteiger partial charge on any atom is 0.408 e. The van der Waals surface area contributed by atoms with E-state index in [0.29, 0.717) is 6.42 Å². The van der Waals surface area contributed by atoms with Crippen molar-refractivity contribution in [3.8, 4) is 11.5 Å². The molecule has 3 aromatic rings. The Morgan fingerprint density at radius 2 is 1.79 bits per heavy atom. The molecule has 2 heterocycles. The number of rotatable bonds is 6. The Balaban J connectivity index is 2.03. The van der Waals surface area contributed by atoms with Gasteiger partial charge in [-0.05, 0) is 39.3 Å². The van der Waals surface area contributed by atoms with Crippen LogP contribution < -0.4 is 10.9 Å². The van der Waals surface area contributed by atoms with E-state index < -0.39 is 28.8 Å². The van der Waals surface area contributed by atoms with Crippen LogP contribution in [0.1, 0.15) is 49.5 Å². The topological polar surface area (TPSA) is 126 Å². The molecule has 0 aliphatic carbocycles. The fourth-order valence-electron chi connectivity index (χ4n) is 3.36. The molecule has 0 aliphatic heterocycles. The van der Waals surface area contributed by atoms with E-state index in [4.69, 9.17) is 13.9 Å². The lowest BCUT2D eigenvalue weighted by Gasteiger charge is -2.29. The van der Waals surface area contributed by atoms with Crippen LogP contribution in [0.3, 0.4) is 0 Å². The molecule has 0 aliphatic rings. The van der Waals surface area contributed by atoms with Crippen molar-refractivity contribution in [3.63, 3.8) is 0 Å². The molecule has 0 saturated carbocycles. The second-order valence-electron chi connectivity index (χ2n) is 9.08. The molecule has 0 bridgehead atoms. The van der Waals surface area contributed by atoms with E-state index in [9.17, 15) is 14.4 Å². The number of amides is 1. The molecule has 0 spiro atoms. The number of pyridine rings is 1. The highest BCUT2D eigenvalue weighted by molar-refractivity contribution is 5.90. The summed E-state index contributed by atoms with van der Waals surface area (Å²) in [5, 5.41) is 11.0. The van der Waals surface area contributed by atoms with Gasteiger partial charge in [-0.1, -0.05) is 30.3 Å². The number of aryl methyl sites for hydroxylation is 1. The number of esters is 1. The van der Waals surface area contributed by atoms with E-state index in [1.807, 2.05) is 30.3 Å². The lowest BCUT2D eigenvalue weighted by Crippen LogP contribution is -2.47. The van der Waals surface area contributed by atoms with Gasteiger partial charge >= 0.3 is 12.1 Å². The molecule has 34 heavy (non-hydrogen) atoms. The van der Waals surface area contributed by atoms with Gasteiger partial charge in [0.15, 0.2) is 0 Å². The number of hydrogen-bond acceptors (Lipinski definition) is 8. The van der Waals surface area contributed by atoms with Gasteiger partial charge < -0.3 is 23.8 Å². The zero-order chi connectivity index (χ0) is 25.1. The number of benzene rings is 1. The van der Waals surface area contributed by atoms with Crippen LogP contribution in [0.5, 0.6) is 0 Å². The predicted molar refractivity (Wildman–Crippen MR) is 123 cm³/mol. The molecule has 1 amide bonds. The van der Waals surface area contributed by atoms with Crippen LogP contribution in [0.2, 0.25) is 0 Å². The first-order chi connectivity index (χ1) is 15.9. The van der Waals surface area contributed by atoms with E-state index in [1.54, 1.807) is 27.7 Å². The fourth-order valence-corrected chi connectivity index (χ4v) is 3.36. The average Bonchev–Trinajstić information content (AvgIpc) is 3.25. The summed E-state index contributed by atoms with van der Waals surface area (Å²) >= 11 is 0. The van der Waals surface area contributed by atoms with E-state index >= 15 is 0 Å². The number of ether oxygens (including phenoxy) is 2. The number of nitrogens with one attached hydrogen (secondary N) is 1. The van der Waals surface area contributed by atoms with Crippen LogP contribution in [-0.2, 0) is 28.5 Å². The predicted octanol–water partition coefficient (Wildman–Crippen LogP) is 3.20. The number of aromatic nitrogens is 3. The quantitative estimate of drug-likeness (QED) is 0.547. The van der Waals surface area contributed by atoms with Crippen LogP contribution in [0.25, 0.3) is 11.5 Å². The second kappa shape index (κ2) is 9.50. The lowest BCUT2D eigenvalue weighted by molar-refractivity contribution is 0.0443. The van der Waals surface area contributed by atoms with Crippen LogP contribution in [-0.4, -0.2) is 39.5 Å². The number of hydrogen-bond donors (Lipinski definition) is 1. The van der Waals surface area contributed by atoms with Crippen LogP contribution in [0.15, 0.2) is 51.8 Å². The Hall–Kier alpha value is -3.95. The first-order valence-corrected chi connectivity index (χ1v) is 10.6. The van der Waals surface area contributed by atoms with Crippen molar-refractivity contribution < 1.29 is 23.5 Å². The third-order valence-corrected chi connectivity index (χ3v) is 4.91. The first-order valence-electron chi connectivity index (χ1n) is 10.6. The monoisotopic (exact) mass is 468 g/mol. The summed E-state index contributed by atoms with van der Waals surface area (Å²) in [4.78, 5) is 37.3. The van der Waals surface area contributed by atoms with Gasteiger partial charge in [-0.2, -0.15) is 0 Å². The fraction of sp³-hybridized carbons (Fsp3) is 0.375. The highest BCUT2D eigenvalue weighted by Gasteiger charge is 2.37. The summed E-state index contributed by atoms with van der Waals surface area (Å²) in [7, 11) is 2.74. The van der Waals surface area contributed by atoms with Crippen LogP contribution in [0, 0.1) is 0 Å². The van der Waals surface area contributed by atoms with E-state index in [1.165, 1.54) is 31.0 Å². The van der Waals surface area contributed by atoms with Gasteiger partial charge in [0.25, 0.3) is 11.4 Å². The minimum atomic E-state index is -1.15. The summed E-state index contributed by atoms with van der Waals surface area (Å²) in [5.41, 5.74) is -1.21. The Morgan fingerprint density at radius 3 is 2.41 bits per heavy atom. The van der Waals surface area contributed by atoms with Crippen molar-refractivity contribution in [2.75, 3.05) is 7.11 Å². The molecular weight excluding hydrogens is 440 g/mol. The maximum absolute atomic E-state index is 12.7. The maximum atomic E-state index is 12.7. The molecule has 2 aromatic heterocycles. The van der Waals surface area contributed by atoms with Crippen molar-refractivity contribution in [3.05, 3.63) is 70.0 Å². The summed E-state index contributed by atoms with van der Waals surface area (Å²) in [6.07, 6.45) is 1.02. The van der Waals surface area contributed by atoms with Crippen LogP contribution in [0.4, 0.5) is 4.79 Å². The number of methoxy groups -OCH3 is 1. The number of carbonyl (C=O) groups excluding carboxylic acids is 2. The Bertz CT molecular complexity index is 1240. The molecule has 10 nitrogen and oxygen atoms in total. The summed E-state index contributed by atoms with van der Waals surface area (Å²) in [5.74, 6) is -0.633. The van der Waals surface area contributed by atoms with Crippen molar-refractivity contribution in [1.82, 2.24) is 20.1 Å². The molecule has 0 fully saturated rings. The van der Waals surface area contributed by atoms with Crippen LogP contribution >= 0.6 is 0 Å². The molecule has 0 saturated heterocycles.